The zero-order chi connectivity index (χ0) is 12.4. The first kappa shape index (κ1) is 13.0. The first-order chi connectivity index (χ1) is 8.11. The first-order valence-corrected chi connectivity index (χ1v) is 6.79. The first-order valence-electron chi connectivity index (χ1n) is 5.99. The molecular weight excluding hydrogens is 288 g/mol. The Bertz CT molecular complexity index is 381. The topological polar surface area (TPSA) is 12.0 Å². The number of halogens is 3. The molecule has 1 aliphatic rings. The number of nitrogens with one attached hydrogen (secondary N) is 1. The molecule has 1 fully saturated rings. The van der Waals surface area contributed by atoms with E-state index in [0.717, 1.165) is 6.42 Å². The third-order valence-corrected chi connectivity index (χ3v) is 3.57. The molecule has 94 valence electrons. The van der Waals surface area contributed by atoms with Gasteiger partial charge in [0.1, 0.15) is 11.6 Å². The summed E-state index contributed by atoms with van der Waals surface area (Å²) in [6.45, 7) is 2.67. The highest BCUT2D eigenvalue weighted by Gasteiger charge is 2.29. The summed E-state index contributed by atoms with van der Waals surface area (Å²) < 4.78 is 28.1. The van der Waals surface area contributed by atoms with Crippen molar-refractivity contribution in [2.45, 2.75) is 32.2 Å². The zero-order valence-corrected chi connectivity index (χ0v) is 11.4. The minimum atomic E-state index is -0.469. The van der Waals surface area contributed by atoms with Gasteiger partial charge in [-0.2, -0.15) is 0 Å². The summed E-state index contributed by atoms with van der Waals surface area (Å²) in [4.78, 5) is 0. The van der Waals surface area contributed by atoms with Gasteiger partial charge < -0.3 is 5.32 Å². The fourth-order valence-electron chi connectivity index (χ4n) is 2.12. The standard InChI is InChI=1S/C13H16BrF2N/c1-2-17-12(5-8-3-4-8)13-10(15)6-9(14)7-11(13)16/h6-8,12,17H,2-5H2,1H3. The van der Waals surface area contributed by atoms with Crippen molar-refractivity contribution in [3.8, 4) is 0 Å². The molecule has 17 heavy (non-hydrogen) atoms. The lowest BCUT2D eigenvalue weighted by Gasteiger charge is -2.19. The number of rotatable bonds is 5. The Morgan fingerprint density at radius 2 is 1.94 bits per heavy atom. The minimum Gasteiger partial charge on any atom is -0.310 e. The van der Waals surface area contributed by atoms with Gasteiger partial charge in [0.05, 0.1) is 0 Å². The Morgan fingerprint density at radius 1 is 1.35 bits per heavy atom. The van der Waals surface area contributed by atoms with E-state index in [-0.39, 0.29) is 11.6 Å². The molecule has 1 unspecified atom stereocenters. The van der Waals surface area contributed by atoms with E-state index in [1.807, 2.05) is 6.92 Å². The lowest BCUT2D eigenvalue weighted by molar-refractivity contribution is 0.437. The molecule has 1 aromatic carbocycles. The number of hydrogen-bond acceptors (Lipinski definition) is 1. The molecule has 0 amide bonds. The Kier molecular flexibility index (Phi) is 4.15. The molecule has 0 saturated heterocycles. The van der Waals surface area contributed by atoms with Gasteiger partial charge in [0, 0.05) is 16.1 Å². The smallest absolute Gasteiger partial charge is 0.132 e. The molecule has 0 radical (unpaired) electrons. The van der Waals surface area contributed by atoms with Crippen molar-refractivity contribution in [1.29, 1.82) is 0 Å². The van der Waals surface area contributed by atoms with Crippen LogP contribution in [0.3, 0.4) is 0 Å². The molecule has 0 aliphatic heterocycles. The fraction of sp³-hybridized carbons (Fsp3) is 0.538. The van der Waals surface area contributed by atoms with E-state index in [4.69, 9.17) is 0 Å². The SMILES string of the molecule is CCNC(CC1CC1)c1c(F)cc(Br)cc1F. The third kappa shape index (κ3) is 3.26. The molecule has 1 aromatic rings. The summed E-state index contributed by atoms with van der Waals surface area (Å²) in [5, 5.41) is 3.18. The van der Waals surface area contributed by atoms with Crippen molar-refractivity contribution in [3.05, 3.63) is 33.8 Å². The van der Waals surface area contributed by atoms with E-state index < -0.39 is 11.6 Å². The van der Waals surface area contributed by atoms with Gasteiger partial charge in [-0.1, -0.05) is 35.7 Å². The van der Waals surface area contributed by atoms with E-state index in [1.54, 1.807) is 0 Å². The van der Waals surface area contributed by atoms with Crippen molar-refractivity contribution in [2.75, 3.05) is 6.54 Å². The average molecular weight is 304 g/mol. The fourth-order valence-corrected chi connectivity index (χ4v) is 2.52. The van der Waals surface area contributed by atoms with Gasteiger partial charge in [0.25, 0.3) is 0 Å². The number of benzene rings is 1. The van der Waals surface area contributed by atoms with Gasteiger partial charge in [0.15, 0.2) is 0 Å². The monoisotopic (exact) mass is 303 g/mol. The second-order valence-electron chi connectivity index (χ2n) is 4.57. The van der Waals surface area contributed by atoms with Crippen molar-refractivity contribution >= 4 is 15.9 Å². The summed E-state index contributed by atoms with van der Waals surface area (Å²) in [6, 6.07) is 2.45. The van der Waals surface area contributed by atoms with E-state index in [2.05, 4.69) is 21.2 Å². The average Bonchev–Trinajstić information content (AvgIpc) is 3.00. The van der Waals surface area contributed by atoms with Crippen molar-refractivity contribution in [1.82, 2.24) is 5.32 Å². The maximum Gasteiger partial charge on any atom is 0.132 e. The molecule has 1 N–H and O–H groups in total. The number of hydrogen-bond donors (Lipinski definition) is 1. The Hall–Kier alpha value is -0.480. The van der Waals surface area contributed by atoms with Gasteiger partial charge >= 0.3 is 0 Å². The summed E-state index contributed by atoms with van der Waals surface area (Å²) in [5.74, 6) is -0.312. The van der Waals surface area contributed by atoms with Crippen LogP contribution in [0.25, 0.3) is 0 Å². The van der Waals surface area contributed by atoms with E-state index >= 15 is 0 Å². The van der Waals surface area contributed by atoms with Gasteiger partial charge in [-0.3, -0.25) is 0 Å². The molecule has 0 heterocycles. The van der Waals surface area contributed by atoms with Crippen molar-refractivity contribution < 1.29 is 8.78 Å². The lowest BCUT2D eigenvalue weighted by Crippen LogP contribution is -2.23. The van der Waals surface area contributed by atoms with E-state index in [1.165, 1.54) is 25.0 Å². The highest BCUT2D eigenvalue weighted by molar-refractivity contribution is 9.10. The molecule has 1 atom stereocenters. The molecular formula is C13H16BrF2N. The molecule has 1 saturated carbocycles. The molecule has 2 rings (SSSR count). The summed E-state index contributed by atoms with van der Waals surface area (Å²) >= 11 is 3.10. The van der Waals surface area contributed by atoms with Crippen LogP contribution < -0.4 is 5.32 Å². The van der Waals surface area contributed by atoms with E-state index in [0.29, 0.717) is 16.9 Å². The second-order valence-corrected chi connectivity index (χ2v) is 5.49. The van der Waals surface area contributed by atoms with Crippen LogP contribution in [0.15, 0.2) is 16.6 Å². The normalized spacial score (nSPS) is 17.2. The van der Waals surface area contributed by atoms with Crippen LogP contribution in [-0.4, -0.2) is 6.54 Å². The quantitative estimate of drug-likeness (QED) is 0.860. The lowest BCUT2D eigenvalue weighted by atomic mass is 10.00. The Labute approximate surface area is 109 Å². The van der Waals surface area contributed by atoms with Gasteiger partial charge in [-0.25, -0.2) is 8.78 Å². The van der Waals surface area contributed by atoms with Crippen LogP contribution in [0.5, 0.6) is 0 Å². The van der Waals surface area contributed by atoms with Crippen LogP contribution >= 0.6 is 15.9 Å². The second kappa shape index (κ2) is 5.44. The molecule has 1 aliphatic carbocycles. The van der Waals surface area contributed by atoms with Crippen LogP contribution in [0.4, 0.5) is 8.78 Å². The van der Waals surface area contributed by atoms with Crippen molar-refractivity contribution in [3.63, 3.8) is 0 Å². The summed E-state index contributed by atoms with van der Waals surface area (Å²) in [5.41, 5.74) is 0.182. The Balaban J connectivity index is 2.26. The summed E-state index contributed by atoms with van der Waals surface area (Å²) in [7, 11) is 0. The highest BCUT2D eigenvalue weighted by atomic mass is 79.9. The largest absolute Gasteiger partial charge is 0.310 e. The van der Waals surface area contributed by atoms with Gasteiger partial charge in [-0.05, 0) is 31.0 Å². The minimum absolute atomic E-state index is 0.182. The third-order valence-electron chi connectivity index (χ3n) is 3.11. The Morgan fingerprint density at radius 3 is 2.41 bits per heavy atom. The highest BCUT2D eigenvalue weighted by Crippen LogP contribution is 2.39. The summed E-state index contributed by atoms with van der Waals surface area (Å²) in [6.07, 6.45) is 3.19. The van der Waals surface area contributed by atoms with Crippen LogP contribution in [-0.2, 0) is 0 Å². The van der Waals surface area contributed by atoms with Crippen LogP contribution in [0.2, 0.25) is 0 Å². The predicted octanol–water partition coefficient (Wildman–Crippen LogP) is 4.18. The van der Waals surface area contributed by atoms with Crippen molar-refractivity contribution in [2.24, 2.45) is 5.92 Å². The maximum absolute atomic E-state index is 13.8. The van der Waals surface area contributed by atoms with Gasteiger partial charge in [0.2, 0.25) is 0 Å². The maximum atomic E-state index is 13.8. The molecule has 1 nitrogen and oxygen atoms in total. The van der Waals surface area contributed by atoms with Crippen LogP contribution in [0.1, 0.15) is 37.8 Å². The van der Waals surface area contributed by atoms with Gasteiger partial charge in [-0.15, -0.1) is 0 Å². The van der Waals surface area contributed by atoms with E-state index in [9.17, 15) is 8.78 Å². The molecule has 0 bridgehead atoms. The predicted molar refractivity (Wildman–Crippen MR) is 67.8 cm³/mol. The molecule has 0 spiro atoms. The zero-order valence-electron chi connectivity index (χ0n) is 9.77. The molecule has 0 aromatic heterocycles. The molecule has 4 heteroatoms. The van der Waals surface area contributed by atoms with Crippen LogP contribution in [0, 0.1) is 17.6 Å².